The van der Waals surface area contributed by atoms with E-state index in [0.717, 1.165) is 17.9 Å². The normalized spacial score (nSPS) is 11.2. The number of nitrogens with one attached hydrogen (secondary N) is 1. The molecule has 5 heteroatoms. The summed E-state index contributed by atoms with van der Waals surface area (Å²) in [7, 11) is 3.96. The van der Waals surface area contributed by atoms with E-state index in [9.17, 15) is 4.79 Å². The number of rotatable bonds is 8. The molecule has 2 aromatic rings. The summed E-state index contributed by atoms with van der Waals surface area (Å²) in [6, 6.07) is 8.32. The van der Waals surface area contributed by atoms with Crippen LogP contribution in [-0.2, 0) is 11.2 Å². The van der Waals surface area contributed by atoms with E-state index in [0.29, 0.717) is 31.2 Å². The lowest BCUT2D eigenvalue weighted by Gasteiger charge is -2.09. The molecule has 0 unspecified atom stereocenters. The fourth-order valence-electron chi connectivity index (χ4n) is 2.32. The van der Waals surface area contributed by atoms with Gasteiger partial charge >= 0.3 is 0 Å². The first-order valence-corrected chi connectivity index (χ1v) is 8.42. The van der Waals surface area contributed by atoms with Gasteiger partial charge in [0.15, 0.2) is 11.7 Å². The molecule has 1 amide bonds. The molecule has 5 nitrogen and oxygen atoms in total. The first-order chi connectivity index (χ1) is 11.5. The summed E-state index contributed by atoms with van der Waals surface area (Å²) >= 11 is 0. The van der Waals surface area contributed by atoms with Crippen LogP contribution in [0, 0.1) is 0 Å². The molecule has 0 radical (unpaired) electrons. The molecule has 1 heterocycles. The van der Waals surface area contributed by atoms with Gasteiger partial charge in [-0.2, -0.15) is 0 Å². The molecular formula is C19H27N3O2. The minimum atomic E-state index is 0.0258. The van der Waals surface area contributed by atoms with Crippen molar-refractivity contribution in [2.75, 3.05) is 27.2 Å². The Hall–Kier alpha value is -2.14. The number of likely N-dealkylation sites (N-methyl/N-ethyl adjacent to an activating group) is 1. The van der Waals surface area contributed by atoms with Crippen LogP contribution in [0.25, 0.3) is 11.3 Å². The lowest BCUT2D eigenvalue weighted by Crippen LogP contribution is -2.31. The number of carbonyl (C=O) groups excluding carboxylic acids is 1. The third kappa shape index (κ3) is 5.49. The maximum Gasteiger partial charge on any atom is 0.220 e. The summed E-state index contributed by atoms with van der Waals surface area (Å²) in [4.78, 5) is 18.1. The highest BCUT2D eigenvalue weighted by Gasteiger charge is 2.09. The van der Waals surface area contributed by atoms with Crippen LogP contribution in [-0.4, -0.2) is 43.0 Å². The van der Waals surface area contributed by atoms with Crippen molar-refractivity contribution in [3.8, 4) is 11.3 Å². The highest BCUT2D eigenvalue weighted by molar-refractivity contribution is 5.76. The summed E-state index contributed by atoms with van der Waals surface area (Å²) in [5, 5.41) is 2.89. The van der Waals surface area contributed by atoms with Crippen LogP contribution >= 0.6 is 0 Å². The van der Waals surface area contributed by atoms with Gasteiger partial charge in [0.1, 0.15) is 0 Å². The van der Waals surface area contributed by atoms with E-state index in [-0.39, 0.29) is 5.91 Å². The highest BCUT2D eigenvalue weighted by atomic mass is 16.4. The van der Waals surface area contributed by atoms with Crippen molar-refractivity contribution in [2.45, 2.75) is 32.6 Å². The Labute approximate surface area is 144 Å². The third-order valence-corrected chi connectivity index (χ3v) is 3.86. The number of aryl methyl sites for hydroxylation is 1. The Balaban J connectivity index is 1.85. The predicted molar refractivity (Wildman–Crippen MR) is 95.9 cm³/mol. The molecule has 1 aromatic carbocycles. The van der Waals surface area contributed by atoms with Gasteiger partial charge in [-0.3, -0.25) is 4.79 Å². The van der Waals surface area contributed by atoms with Crippen LogP contribution in [0.3, 0.4) is 0 Å². The first-order valence-electron chi connectivity index (χ1n) is 8.42. The molecule has 0 fully saturated rings. The van der Waals surface area contributed by atoms with E-state index in [4.69, 9.17) is 4.42 Å². The van der Waals surface area contributed by atoms with Gasteiger partial charge < -0.3 is 14.6 Å². The Morgan fingerprint density at radius 1 is 1.25 bits per heavy atom. The Morgan fingerprint density at radius 3 is 2.58 bits per heavy atom. The molecule has 24 heavy (non-hydrogen) atoms. The maximum absolute atomic E-state index is 11.8. The number of oxazole rings is 1. The van der Waals surface area contributed by atoms with Gasteiger partial charge in [-0.15, -0.1) is 0 Å². The van der Waals surface area contributed by atoms with Gasteiger partial charge in [-0.25, -0.2) is 4.98 Å². The fraction of sp³-hybridized carbons (Fsp3) is 0.474. The van der Waals surface area contributed by atoms with Crippen LogP contribution in [0.15, 0.2) is 34.9 Å². The van der Waals surface area contributed by atoms with Gasteiger partial charge in [0, 0.05) is 31.5 Å². The first kappa shape index (κ1) is 18.2. The van der Waals surface area contributed by atoms with Gasteiger partial charge in [0.05, 0.1) is 6.20 Å². The van der Waals surface area contributed by atoms with E-state index in [1.807, 2.05) is 31.1 Å². The summed E-state index contributed by atoms with van der Waals surface area (Å²) < 4.78 is 5.76. The van der Waals surface area contributed by atoms with Gasteiger partial charge in [-0.1, -0.05) is 38.1 Å². The zero-order valence-corrected chi connectivity index (χ0v) is 15.0. The third-order valence-electron chi connectivity index (χ3n) is 3.86. The zero-order valence-electron chi connectivity index (χ0n) is 15.0. The van der Waals surface area contributed by atoms with Crippen molar-refractivity contribution in [3.05, 3.63) is 41.9 Å². The molecular weight excluding hydrogens is 302 g/mol. The molecule has 1 aromatic heterocycles. The molecule has 0 atom stereocenters. The molecule has 0 saturated carbocycles. The van der Waals surface area contributed by atoms with Gasteiger partial charge in [-0.05, 0) is 25.6 Å². The van der Waals surface area contributed by atoms with E-state index in [1.54, 1.807) is 6.20 Å². The number of benzene rings is 1. The SMILES string of the molecule is CC(C)c1ccc(-c2cnc(CCC(=O)NCCN(C)C)o2)cc1. The molecule has 0 saturated heterocycles. The smallest absolute Gasteiger partial charge is 0.220 e. The molecule has 0 spiro atoms. The van der Waals surface area contributed by atoms with Crippen molar-refractivity contribution < 1.29 is 9.21 Å². The number of amides is 1. The topological polar surface area (TPSA) is 58.4 Å². The number of hydrogen-bond acceptors (Lipinski definition) is 4. The summed E-state index contributed by atoms with van der Waals surface area (Å²) in [6.07, 6.45) is 2.63. The average molecular weight is 329 g/mol. The molecule has 0 aliphatic rings. The van der Waals surface area contributed by atoms with Gasteiger partial charge in [0.2, 0.25) is 5.91 Å². The zero-order chi connectivity index (χ0) is 17.5. The molecule has 2 rings (SSSR count). The van der Waals surface area contributed by atoms with Crippen molar-refractivity contribution in [1.29, 1.82) is 0 Å². The molecule has 1 N–H and O–H groups in total. The van der Waals surface area contributed by atoms with E-state index in [2.05, 4.69) is 36.3 Å². The average Bonchev–Trinajstić information content (AvgIpc) is 3.01. The molecule has 0 aliphatic heterocycles. The summed E-state index contributed by atoms with van der Waals surface area (Å²) in [5.74, 6) is 1.88. The summed E-state index contributed by atoms with van der Waals surface area (Å²) in [5.41, 5.74) is 2.31. The molecule has 130 valence electrons. The second-order valence-electron chi connectivity index (χ2n) is 6.55. The van der Waals surface area contributed by atoms with Crippen molar-refractivity contribution in [1.82, 2.24) is 15.2 Å². The van der Waals surface area contributed by atoms with E-state index < -0.39 is 0 Å². The van der Waals surface area contributed by atoms with Crippen LogP contribution in [0.4, 0.5) is 0 Å². The number of aromatic nitrogens is 1. The summed E-state index contributed by atoms with van der Waals surface area (Å²) in [6.45, 7) is 5.84. The monoisotopic (exact) mass is 329 g/mol. The highest BCUT2D eigenvalue weighted by Crippen LogP contribution is 2.23. The standard InChI is InChI=1S/C19H27N3O2/c1-14(2)15-5-7-16(8-6-15)17-13-21-19(24-17)10-9-18(23)20-11-12-22(3)4/h5-8,13-14H,9-12H2,1-4H3,(H,20,23). The predicted octanol–water partition coefficient (Wildman–Crippen LogP) is 3.08. The fourth-order valence-corrected chi connectivity index (χ4v) is 2.32. The number of hydrogen-bond donors (Lipinski definition) is 1. The van der Waals surface area contributed by atoms with Crippen LogP contribution < -0.4 is 5.32 Å². The maximum atomic E-state index is 11.8. The Morgan fingerprint density at radius 2 is 1.96 bits per heavy atom. The second-order valence-corrected chi connectivity index (χ2v) is 6.55. The number of nitrogens with zero attached hydrogens (tertiary/aromatic N) is 2. The quantitative estimate of drug-likeness (QED) is 0.808. The van der Waals surface area contributed by atoms with Crippen molar-refractivity contribution in [3.63, 3.8) is 0 Å². The lowest BCUT2D eigenvalue weighted by molar-refractivity contribution is -0.121. The minimum absolute atomic E-state index is 0.0258. The van der Waals surface area contributed by atoms with Crippen LogP contribution in [0.2, 0.25) is 0 Å². The Kier molecular flexibility index (Phi) is 6.55. The number of carbonyl (C=O) groups is 1. The Bertz CT molecular complexity index is 645. The van der Waals surface area contributed by atoms with Crippen LogP contribution in [0.1, 0.15) is 37.6 Å². The second kappa shape index (κ2) is 8.64. The molecule has 0 bridgehead atoms. The lowest BCUT2D eigenvalue weighted by atomic mass is 10.0. The van der Waals surface area contributed by atoms with Crippen molar-refractivity contribution in [2.24, 2.45) is 0 Å². The van der Waals surface area contributed by atoms with E-state index >= 15 is 0 Å². The van der Waals surface area contributed by atoms with Crippen LogP contribution in [0.5, 0.6) is 0 Å². The van der Waals surface area contributed by atoms with Gasteiger partial charge in [0.25, 0.3) is 0 Å². The minimum Gasteiger partial charge on any atom is -0.441 e. The molecule has 0 aliphatic carbocycles. The van der Waals surface area contributed by atoms with E-state index in [1.165, 1.54) is 5.56 Å². The largest absolute Gasteiger partial charge is 0.441 e. The van der Waals surface area contributed by atoms with Crippen molar-refractivity contribution >= 4 is 5.91 Å².